The van der Waals surface area contributed by atoms with E-state index < -0.39 is 0 Å². The summed E-state index contributed by atoms with van der Waals surface area (Å²) in [6.07, 6.45) is 2.36. The van der Waals surface area contributed by atoms with Gasteiger partial charge in [0.15, 0.2) is 0 Å². The van der Waals surface area contributed by atoms with Crippen LogP contribution >= 0.6 is 0 Å². The van der Waals surface area contributed by atoms with Crippen LogP contribution in [0.2, 0.25) is 0 Å². The van der Waals surface area contributed by atoms with Gasteiger partial charge in [0.1, 0.15) is 5.82 Å². The Balaban J connectivity index is 1.67. The van der Waals surface area contributed by atoms with Crippen LogP contribution in [-0.4, -0.2) is 15.9 Å². The number of nitriles is 1. The third-order valence-electron chi connectivity index (χ3n) is 3.82. The number of hydrogen-bond donors (Lipinski definition) is 2. The number of fused-ring (bicyclic) bond motifs is 1. The molecule has 5 heteroatoms. The largest absolute Gasteiger partial charge is 0.346 e. The lowest BCUT2D eigenvalue weighted by atomic mass is 9.89. The molecule has 5 nitrogen and oxygen atoms in total. The highest BCUT2D eigenvalue weighted by Gasteiger charge is 2.26. The summed E-state index contributed by atoms with van der Waals surface area (Å²) in [6.45, 7) is 1.93. The van der Waals surface area contributed by atoms with Gasteiger partial charge in [0, 0.05) is 23.7 Å². The molecule has 21 heavy (non-hydrogen) atoms. The molecule has 0 bridgehead atoms. The average molecular weight is 280 g/mol. The van der Waals surface area contributed by atoms with E-state index in [1.807, 2.05) is 6.92 Å². The second kappa shape index (κ2) is 5.41. The van der Waals surface area contributed by atoms with Crippen molar-refractivity contribution in [3.63, 3.8) is 0 Å². The Hall–Kier alpha value is -2.61. The number of nitrogens with zero attached hydrogens (tertiary/aromatic N) is 2. The van der Waals surface area contributed by atoms with E-state index in [-0.39, 0.29) is 11.8 Å². The maximum absolute atomic E-state index is 12.3. The number of carbonyl (C=O) groups is 1. The van der Waals surface area contributed by atoms with E-state index in [0.717, 1.165) is 35.7 Å². The lowest BCUT2D eigenvalue weighted by Gasteiger charge is -2.20. The molecule has 1 aromatic carbocycles. The molecule has 0 saturated heterocycles. The van der Waals surface area contributed by atoms with Gasteiger partial charge < -0.3 is 10.3 Å². The van der Waals surface area contributed by atoms with E-state index in [1.54, 1.807) is 24.3 Å². The van der Waals surface area contributed by atoms with E-state index in [4.69, 9.17) is 5.26 Å². The fourth-order valence-electron chi connectivity index (χ4n) is 2.72. The molecule has 1 aromatic heterocycles. The number of amides is 1. The highest BCUT2D eigenvalue weighted by atomic mass is 16.1. The molecule has 3 rings (SSSR count). The summed E-state index contributed by atoms with van der Waals surface area (Å²) in [6, 6.07) is 8.97. The van der Waals surface area contributed by atoms with Crippen molar-refractivity contribution in [2.75, 3.05) is 5.32 Å². The molecule has 0 spiro atoms. The standard InChI is InChI=1S/C16H16N4O/c1-10-18-14-7-4-12(8-15(14)19-10)16(21)20-13-5-2-11(9-17)3-6-13/h2-3,5-6,12H,4,7-8H2,1H3,(H,18,19)(H,20,21). The number of imidazole rings is 1. The quantitative estimate of drug-likeness (QED) is 0.885. The average Bonchev–Trinajstić information content (AvgIpc) is 2.87. The first kappa shape index (κ1) is 13.4. The molecule has 0 fully saturated rings. The molecule has 1 aliphatic carbocycles. The molecular formula is C16H16N4O. The Kier molecular flexibility index (Phi) is 3.44. The molecule has 2 N–H and O–H groups in total. The molecule has 106 valence electrons. The first-order chi connectivity index (χ1) is 10.2. The van der Waals surface area contributed by atoms with Crippen molar-refractivity contribution in [2.24, 2.45) is 5.92 Å². The zero-order chi connectivity index (χ0) is 14.8. The predicted octanol–water partition coefficient (Wildman–Crippen LogP) is 2.33. The SMILES string of the molecule is Cc1nc2c([nH]1)CC(C(=O)Nc1ccc(C#N)cc1)CC2. The first-order valence-corrected chi connectivity index (χ1v) is 7.01. The summed E-state index contributed by atoms with van der Waals surface area (Å²) in [5, 5.41) is 11.7. The highest BCUT2D eigenvalue weighted by molar-refractivity contribution is 5.92. The number of H-pyrrole nitrogens is 1. The van der Waals surface area contributed by atoms with Crippen molar-refractivity contribution in [3.8, 4) is 6.07 Å². The molecule has 0 radical (unpaired) electrons. The van der Waals surface area contributed by atoms with Crippen molar-refractivity contribution in [2.45, 2.75) is 26.2 Å². The van der Waals surface area contributed by atoms with Crippen molar-refractivity contribution >= 4 is 11.6 Å². The van der Waals surface area contributed by atoms with Crippen LogP contribution in [0, 0.1) is 24.2 Å². The van der Waals surface area contributed by atoms with Gasteiger partial charge in [0.2, 0.25) is 5.91 Å². The minimum absolute atomic E-state index is 0.0256. The number of benzene rings is 1. The van der Waals surface area contributed by atoms with Crippen LogP contribution in [0.1, 0.15) is 29.2 Å². The zero-order valence-corrected chi connectivity index (χ0v) is 11.8. The fourth-order valence-corrected chi connectivity index (χ4v) is 2.72. The molecule has 1 atom stereocenters. The summed E-state index contributed by atoms with van der Waals surface area (Å²) in [7, 11) is 0. The number of aryl methyl sites for hydroxylation is 2. The Labute approximate surface area is 123 Å². The molecule has 1 heterocycles. The predicted molar refractivity (Wildman–Crippen MR) is 78.6 cm³/mol. The highest BCUT2D eigenvalue weighted by Crippen LogP contribution is 2.25. The van der Waals surface area contributed by atoms with Gasteiger partial charge in [-0.1, -0.05) is 0 Å². The molecular weight excluding hydrogens is 264 g/mol. The summed E-state index contributed by atoms with van der Waals surface area (Å²) in [4.78, 5) is 20.0. The summed E-state index contributed by atoms with van der Waals surface area (Å²) < 4.78 is 0. The maximum atomic E-state index is 12.3. The fraction of sp³-hybridized carbons (Fsp3) is 0.312. The second-order valence-electron chi connectivity index (χ2n) is 5.37. The van der Waals surface area contributed by atoms with Crippen molar-refractivity contribution < 1.29 is 4.79 Å². The number of rotatable bonds is 2. The van der Waals surface area contributed by atoms with Crippen LogP contribution in [0.3, 0.4) is 0 Å². The smallest absolute Gasteiger partial charge is 0.227 e. The van der Waals surface area contributed by atoms with E-state index >= 15 is 0 Å². The topological polar surface area (TPSA) is 81.6 Å². The van der Waals surface area contributed by atoms with Crippen LogP contribution in [0.5, 0.6) is 0 Å². The Morgan fingerprint density at radius 1 is 1.43 bits per heavy atom. The van der Waals surface area contributed by atoms with Crippen molar-refractivity contribution in [3.05, 3.63) is 47.0 Å². The molecule has 1 amide bonds. The normalized spacial score (nSPS) is 16.9. The minimum atomic E-state index is -0.0343. The third-order valence-corrected chi connectivity index (χ3v) is 3.82. The van der Waals surface area contributed by atoms with Crippen LogP contribution in [-0.2, 0) is 17.6 Å². The third kappa shape index (κ3) is 2.79. The lowest BCUT2D eigenvalue weighted by molar-refractivity contribution is -0.120. The van der Waals surface area contributed by atoms with Gasteiger partial charge in [0.25, 0.3) is 0 Å². The van der Waals surface area contributed by atoms with Crippen LogP contribution in [0.15, 0.2) is 24.3 Å². The van der Waals surface area contributed by atoms with Gasteiger partial charge in [0.05, 0.1) is 17.3 Å². The van der Waals surface area contributed by atoms with Gasteiger partial charge in [-0.05, 0) is 44.0 Å². The maximum Gasteiger partial charge on any atom is 0.227 e. The van der Waals surface area contributed by atoms with Gasteiger partial charge in [-0.2, -0.15) is 5.26 Å². The summed E-state index contributed by atoms with van der Waals surface area (Å²) in [5.74, 6) is 0.902. The van der Waals surface area contributed by atoms with E-state index in [1.165, 1.54) is 0 Å². The molecule has 1 aliphatic rings. The summed E-state index contributed by atoms with van der Waals surface area (Å²) in [5.41, 5.74) is 3.49. The van der Waals surface area contributed by atoms with Crippen LogP contribution in [0.4, 0.5) is 5.69 Å². The Morgan fingerprint density at radius 3 is 2.90 bits per heavy atom. The van der Waals surface area contributed by atoms with Gasteiger partial charge in [-0.15, -0.1) is 0 Å². The molecule has 1 unspecified atom stereocenters. The molecule has 0 saturated carbocycles. The number of aromatic nitrogens is 2. The number of nitrogens with one attached hydrogen (secondary N) is 2. The Bertz CT molecular complexity index is 709. The van der Waals surface area contributed by atoms with Crippen molar-refractivity contribution in [1.82, 2.24) is 9.97 Å². The van der Waals surface area contributed by atoms with E-state index in [0.29, 0.717) is 12.0 Å². The first-order valence-electron chi connectivity index (χ1n) is 7.01. The lowest BCUT2D eigenvalue weighted by Crippen LogP contribution is -2.28. The Morgan fingerprint density at radius 2 is 2.19 bits per heavy atom. The number of carbonyl (C=O) groups excluding carboxylic acids is 1. The molecule has 0 aliphatic heterocycles. The van der Waals surface area contributed by atoms with Gasteiger partial charge >= 0.3 is 0 Å². The van der Waals surface area contributed by atoms with E-state index in [2.05, 4.69) is 21.4 Å². The molecule has 2 aromatic rings. The van der Waals surface area contributed by atoms with Crippen LogP contribution in [0.25, 0.3) is 0 Å². The number of anilines is 1. The van der Waals surface area contributed by atoms with E-state index in [9.17, 15) is 4.79 Å². The van der Waals surface area contributed by atoms with Crippen molar-refractivity contribution in [1.29, 1.82) is 5.26 Å². The zero-order valence-electron chi connectivity index (χ0n) is 11.8. The van der Waals surface area contributed by atoms with Crippen LogP contribution < -0.4 is 5.32 Å². The summed E-state index contributed by atoms with van der Waals surface area (Å²) >= 11 is 0. The van der Waals surface area contributed by atoms with Gasteiger partial charge in [-0.25, -0.2) is 4.98 Å². The number of aromatic amines is 1. The number of hydrogen-bond acceptors (Lipinski definition) is 3. The second-order valence-corrected chi connectivity index (χ2v) is 5.37. The monoisotopic (exact) mass is 280 g/mol. The minimum Gasteiger partial charge on any atom is -0.346 e. The van der Waals surface area contributed by atoms with Gasteiger partial charge in [-0.3, -0.25) is 4.79 Å².